The van der Waals surface area contributed by atoms with Gasteiger partial charge in [-0.2, -0.15) is 0 Å². The number of rotatable bonds is 5. The molecule has 0 fully saturated rings. The number of halogens is 1. The highest BCUT2D eigenvalue weighted by atomic mass is 19.1. The number of nitrogens with one attached hydrogen (secondary N) is 1. The summed E-state index contributed by atoms with van der Waals surface area (Å²) in [5.41, 5.74) is 3.31. The zero-order valence-electron chi connectivity index (χ0n) is 17.4. The van der Waals surface area contributed by atoms with Crippen LogP contribution in [0, 0.1) is 19.7 Å². The lowest BCUT2D eigenvalue weighted by Crippen LogP contribution is -2.33. The lowest BCUT2D eigenvalue weighted by Gasteiger charge is -2.16. The maximum absolute atomic E-state index is 14.5. The van der Waals surface area contributed by atoms with Crippen LogP contribution in [-0.2, 0) is 9.59 Å². The van der Waals surface area contributed by atoms with E-state index in [0.29, 0.717) is 17.0 Å². The van der Waals surface area contributed by atoms with Gasteiger partial charge >= 0.3 is 0 Å². The van der Waals surface area contributed by atoms with Gasteiger partial charge in [0.15, 0.2) is 0 Å². The lowest BCUT2D eigenvalue weighted by molar-refractivity contribution is -0.120. The van der Waals surface area contributed by atoms with E-state index < -0.39 is 17.6 Å². The predicted octanol–water partition coefficient (Wildman–Crippen LogP) is 4.85. The Morgan fingerprint density at radius 2 is 1.58 bits per heavy atom. The molecular weight excluding hydrogens is 395 g/mol. The highest BCUT2D eigenvalue weighted by molar-refractivity contribution is 6.46. The standard InChI is InChI=1S/C25H21FN2O3/c1-15-12-13-17(14-16(15)2)22-23(27-19-9-5-7-11-21(19)31-3)25(30)28(24(22)29)20-10-6-4-8-18(20)26/h4-14,27H,1-3H3. The first-order valence-corrected chi connectivity index (χ1v) is 9.77. The van der Waals surface area contributed by atoms with E-state index in [9.17, 15) is 14.0 Å². The predicted molar refractivity (Wildman–Crippen MR) is 118 cm³/mol. The molecule has 0 bridgehead atoms. The Morgan fingerprint density at radius 3 is 2.29 bits per heavy atom. The quantitative estimate of drug-likeness (QED) is 0.604. The van der Waals surface area contributed by atoms with Crippen LogP contribution in [0.1, 0.15) is 16.7 Å². The number of nitrogens with zero attached hydrogens (tertiary/aromatic N) is 1. The molecule has 3 aromatic carbocycles. The van der Waals surface area contributed by atoms with E-state index in [-0.39, 0.29) is 17.0 Å². The van der Waals surface area contributed by atoms with Crippen molar-refractivity contribution in [2.24, 2.45) is 0 Å². The highest BCUT2D eigenvalue weighted by Crippen LogP contribution is 2.36. The van der Waals surface area contributed by atoms with Gasteiger partial charge in [0, 0.05) is 0 Å². The van der Waals surface area contributed by atoms with Gasteiger partial charge in [0.2, 0.25) is 0 Å². The van der Waals surface area contributed by atoms with Crippen LogP contribution in [0.5, 0.6) is 5.75 Å². The molecule has 6 heteroatoms. The van der Waals surface area contributed by atoms with E-state index in [2.05, 4.69) is 5.32 Å². The maximum atomic E-state index is 14.5. The molecule has 0 aromatic heterocycles. The number of anilines is 2. The molecule has 0 radical (unpaired) electrons. The molecule has 1 aliphatic rings. The molecule has 1 N–H and O–H groups in total. The summed E-state index contributed by atoms with van der Waals surface area (Å²) < 4.78 is 19.9. The summed E-state index contributed by atoms with van der Waals surface area (Å²) in [5.74, 6) is -1.36. The molecule has 31 heavy (non-hydrogen) atoms. The Morgan fingerprint density at radius 1 is 0.871 bits per heavy atom. The van der Waals surface area contributed by atoms with Crippen molar-refractivity contribution in [3.63, 3.8) is 0 Å². The minimum absolute atomic E-state index is 0.0704. The fraction of sp³-hybridized carbons (Fsp3) is 0.120. The molecule has 0 aliphatic carbocycles. The van der Waals surface area contributed by atoms with Gasteiger partial charge in [-0.3, -0.25) is 9.59 Å². The molecule has 0 unspecified atom stereocenters. The summed E-state index contributed by atoms with van der Waals surface area (Å²) >= 11 is 0. The van der Waals surface area contributed by atoms with E-state index in [1.54, 1.807) is 36.4 Å². The van der Waals surface area contributed by atoms with Crippen LogP contribution in [0.2, 0.25) is 0 Å². The zero-order valence-corrected chi connectivity index (χ0v) is 17.4. The monoisotopic (exact) mass is 416 g/mol. The molecule has 0 atom stereocenters. The van der Waals surface area contributed by atoms with Crippen LogP contribution in [-0.4, -0.2) is 18.9 Å². The number of methoxy groups -OCH3 is 1. The van der Waals surface area contributed by atoms with Crippen molar-refractivity contribution in [2.45, 2.75) is 13.8 Å². The van der Waals surface area contributed by atoms with Gasteiger partial charge in [0.25, 0.3) is 11.8 Å². The van der Waals surface area contributed by atoms with E-state index in [0.717, 1.165) is 16.0 Å². The summed E-state index contributed by atoms with van der Waals surface area (Å²) in [7, 11) is 1.52. The van der Waals surface area contributed by atoms with Crippen LogP contribution in [0.15, 0.2) is 72.4 Å². The van der Waals surface area contributed by atoms with Crippen LogP contribution in [0.4, 0.5) is 15.8 Å². The number of hydrogen-bond acceptors (Lipinski definition) is 4. The van der Waals surface area contributed by atoms with Gasteiger partial charge in [0.1, 0.15) is 17.3 Å². The maximum Gasteiger partial charge on any atom is 0.282 e. The number of carbonyl (C=O) groups is 2. The smallest absolute Gasteiger partial charge is 0.282 e. The summed E-state index contributed by atoms with van der Waals surface area (Å²) in [6, 6.07) is 18.3. The van der Waals surface area contributed by atoms with Crippen molar-refractivity contribution in [1.82, 2.24) is 0 Å². The summed E-state index contributed by atoms with van der Waals surface area (Å²) in [4.78, 5) is 27.7. The second-order valence-electron chi connectivity index (χ2n) is 7.27. The molecule has 3 aromatic rings. The summed E-state index contributed by atoms with van der Waals surface area (Å²) in [6.07, 6.45) is 0. The van der Waals surface area contributed by atoms with Gasteiger partial charge in [0.05, 0.1) is 24.1 Å². The number of hydrogen-bond donors (Lipinski definition) is 1. The Hall–Kier alpha value is -3.93. The number of carbonyl (C=O) groups excluding carboxylic acids is 2. The van der Waals surface area contributed by atoms with Crippen LogP contribution < -0.4 is 15.0 Å². The average molecular weight is 416 g/mol. The topological polar surface area (TPSA) is 58.6 Å². The minimum atomic E-state index is -0.651. The Bertz CT molecular complexity index is 1230. The van der Waals surface area contributed by atoms with Crippen molar-refractivity contribution in [2.75, 3.05) is 17.3 Å². The van der Waals surface area contributed by atoms with Crippen molar-refractivity contribution in [1.29, 1.82) is 0 Å². The van der Waals surface area contributed by atoms with Crippen LogP contribution in [0.25, 0.3) is 5.57 Å². The van der Waals surface area contributed by atoms with Gasteiger partial charge in [-0.15, -0.1) is 0 Å². The van der Waals surface area contributed by atoms with Gasteiger partial charge in [-0.05, 0) is 54.8 Å². The lowest BCUT2D eigenvalue weighted by atomic mass is 9.99. The SMILES string of the molecule is COc1ccccc1NC1=C(c2ccc(C)c(C)c2)C(=O)N(c2ccccc2F)C1=O. The highest BCUT2D eigenvalue weighted by Gasteiger charge is 2.41. The van der Waals surface area contributed by atoms with Crippen molar-refractivity contribution < 1.29 is 18.7 Å². The third-order valence-electron chi connectivity index (χ3n) is 5.34. The largest absolute Gasteiger partial charge is 0.495 e. The fourth-order valence-corrected chi connectivity index (χ4v) is 3.54. The third-order valence-corrected chi connectivity index (χ3v) is 5.34. The molecular formula is C25H21FN2O3. The molecule has 156 valence electrons. The Balaban J connectivity index is 1.88. The first-order valence-electron chi connectivity index (χ1n) is 9.77. The van der Waals surface area contributed by atoms with E-state index in [1.165, 1.54) is 25.3 Å². The summed E-state index contributed by atoms with van der Waals surface area (Å²) in [5, 5.41) is 3.06. The molecule has 0 saturated heterocycles. The normalized spacial score (nSPS) is 13.7. The molecule has 4 rings (SSSR count). The average Bonchev–Trinajstić information content (AvgIpc) is 3.00. The number of benzene rings is 3. The van der Waals surface area contributed by atoms with Crippen molar-refractivity contribution in [3.8, 4) is 5.75 Å². The van der Waals surface area contributed by atoms with Crippen molar-refractivity contribution >= 4 is 28.8 Å². The number of ether oxygens (including phenoxy) is 1. The number of imide groups is 1. The third kappa shape index (κ3) is 3.57. The molecule has 5 nitrogen and oxygen atoms in total. The second kappa shape index (κ2) is 8.07. The van der Waals surface area contributed by atoms with Crippen LogP contribution in [0.3, 0.4) is 0 Å². The van der Waals surface area contributed by atoms with E-state index in [4.69, 9.17) is 4.74 Å². The number of aryl methyl sites for hydroxylation is 2. The first-order chi connectivity index (χ1) is 14.9. The Kier molecular flexibility index (Phi) is 5.29. The first kappa shape index (κ1) is 20.3. The number of amides is 2. The second-order valence-corrected chi connectivity index (χ2v) is 7.27. The molecule has 1 heterocycles. The van der Waals surface area contributed by atoms with Gasteiger partial charge in [-0.25, -0.2) is 9.29 Å². The molecule has 2 amide bonds. The van der Waals surface area contributed by atoms with E-state index >= 15 is 0 Å². The van der Waals surface area contributed by atoms with Crippen molar-refractivity contribution in [3.05, 3.63) is 94.9 Å². The number of para-hydroxylation sites is 3. The Labute approximate surface area is 179 Å². The fourth-order valence-electron chi connectivity index (χ4n) is 3.54. The summed E-state index contributed by atoms with van der Waals surface area (Å²) in [6.45, 7) is 3.90. The zero-order chi connectivity index (χ0) is 22.1. The van der Waals surface area contributed by atoms with Crippen LogP contribution >= 0.6 is 0 Å². The molecule has 0 saturated carbocycles. The van der Waals surface area contributed by atoms with E-state index in [1.807, 2.05) is 26.0 Å². The van der Waals surface area contributed by atoms with Gasteiger partial charge < -0.3 is 10.1 Å². The molecule has 1 aliphatic heterocycles. The minimum Gasteiger partial charge on any atom is -0.495 e. The van der Waals surface area contributed by atoms with Gasteiger partial charge in [-0.1, -0.05) is 42.5 Å². The molecule has 0 spiro atoms.